The van der Waals surface area contributed by atoms with Crippen LogP contribution in [0, 0.1) is 23.1 Å². The topological polar surface area (TPSA) is 66.4 Å². The van der Waals surface area contributed by atoms with Gasteiger partial charge < -0.3 is 10.4 Å². The van der Waals surface area contributed by atoms with Crippen LogP contribution in [-0.2, 0) is 16.0 Å². The highest BCUT2D eigenvalue weighted by molar-refractivity contribution is 5.91. The van der Waals surface area contributed by atoms with Gasteiger partial charge in [0, 0.05) is 0 Å². The number of aliphatic carboxylic acids is 1. The van der Waals surface area contributed by atoms with Crippen LogP contribution in [0.25, 0.3) is 0 Å². The lowest BCUT2D eigenvalue weighted by Gasteiger charge is -2.14. The molecule has 0 bridgehead atoms. The van der Waals surface area contributed by atoms with Crippen molar-refractivity contribution in [2.45, 2.75) is 32.7 Å². The Balaban J connectivity index is 1.72. The lowest BCUT2D eigenvalue weighted by atomic mass is 10.1. The van der Waals surface area contributed by atoms with E-state index in [1.165, 1.54) is 12.1 Å². The quantitative estimate of drug-likeness (QED) is 0.898. The van der Waals surface area contributed by atoms with E-state index >= 15 is 0 Å². The van der Waals surface area contributed by atoms with E-state index in [-0.39, 0.29) is 17.8 Å². The summed E-state index contributed by atoms with van der Waals surface area (Å²) in [7, 11) is 0. The van der Waals surface area contributed by atoms with Crippen LogP contribution in [-0.4, -0.2) is 17.0 Å². The fourth-order valence-corrected chi connectivity index (χ4v) is 3.59. The van der Waals surface area contributed by atoms with Gasteiger partial charge in [0.15, 0.2) is 0 Å². The summed E-state index contributed by atoms with van der Waals surface area (Å²) in [4.78, 5) is 23.5. The summed E-state index contributed by atoms with van der Waals surface area (Å²) in [5, 5.41) is 12.1. The Bertz CT molecular complexity index is 626. The molecule has 2 aliphatic carbocycles. The number of rotatable bonds is 3. The molecule has 112 valence electrons. The van der Waals surface area contributed by atoms with Gasteiger partial charge in [0.05, 0.1) is 17.9 Å². The van der Waals surface area contributed by atoms with Crippen molar-refractivity contribution in [2.24, 2.45) is 17.3 Å². The molecule has 0 aromatic heterocycles. The van der Waals surface area contributed by atoms with Gasteiger partial charge in [-0.05, 0) is 41.5 Å². The van der Waals surface area contributed by atoms with Crippen molar-refractivity contribution in [1.29, 1.82) is 0 Å². The molecule has 1 saturated carbocycles. The molecular formula is C16H18FNO3. The molecule has 2 aliphatic rings. The molecular weight excluding hydrogens is 273 g/mol. The highest BCUT2D eigenvalue weighted by Gasteiger charge is 2.66. The van der Waals surface area contributed by atoms with Crippen LogP contribution < -0.4 is 5.32 Å². The van der Waals surface area contributed by atoms with Gasteiger partial charge in [-0.3, -0.25) is 9.59 Å². The molecule has 0 spiro atoms. The molecule has 0 radical (unpaired) electrons. The molecule has 1 fully saturated rings. The van der Waals surface area contributed by atoms with Crippen molar-refractivity contribution in [2.75, 3.05) is 0 Å². The number of halogens is 1. The second-order valence-electron chi connectivity index (χ2n) is 6.56. The number of hydrogen-bond acceptors (Lipinski definition) is 2. The van der Waals surface area contributed by atoms with Crippen LogP contribution in [0.5, 0.6) is 0 Å². The SMILES string of the molecule is CC1(C)[C@H](C(=O)O)[C@@H]1C(=O)NC1CCc2cc(F)ccc21. The first-order valence-corrected chi connectivity index (χ1v) is 7.14. The minimum absolute atomic E-state index is 0.140. The van der Waals surface area contributed by atoms with Gasteiger partial charge >= 0.3 is 5.97 Å². The molecule has 1 unspecified atom stereocenters. The van der Waals surface area contributed by atoms with Crippen molar-refractivity contribution >= 4 is 11.9 Å². The molecule has 5 heteroatoms. The smallest absolute Gasteiger partial charge is 0.307 e. The molecule has 0 aliphatic heterocycles. The zero-order valence-electron chi connectivity index (χ0n) is 12.0. The minimum Gasteiger partial charge on any atom is -0.481 e. The highest BCUT2D eigenvalue weighted by Crippen LogP contribution is 2.58. The Labute approximate surface area is 122 Å². The molecule has 1 amide bonds. The molecule has 21 heavy (non-hydrogen) atoms. The van der Waals surface area contributed by atoms with E-state index < -0.39 is 23.2 Å². The third-order valence-electron chi connectivity index (χ3n) is 4.88. The van der Waals surface area contributed by atoms with Gasteiger partial charge in [0.2, 0.25) is 5.91 Å². The Morgan fingerprint density at radius 1 is 1.33 bits per heavy atom. The summed E-state index contributed by atoms with van der Waals surface area (Å²) < 4.78 is 13.2. The number of carbonyl (C=O) groups is 2. The molecule has 0 heterocycles. The molecule has 2 N–H and O–H groups in total. The maximum Gasteiger partial charge on any atom is 0.307 e. The van der Waals surface area contributed by atoms with E-state index in [2.05, 4.69) is 5.32 Å². The van der Waals surface area contributed by atoms with E-state index in [9.17, 15) is 14.0 Å². The summed E-state index contributed by atoms with van der Waals surface area (Å²) in [6.45, 7) is 3.60. The number of nitrogens with one attached hydrogen (secondary N) is 1. The average molecular weight is 291 g/mol. The summed E-state index contributed by atoms with van der Waals surface area (Å²) in [5.74, 6) is -2.51. The Kier molecular flexibility index (Phi) is 3.04. The maximum atomic E-state index is 13.2. The highest BCUT2D eigenvalue weighted by atomic mass is 19.1. The van der Waals surface area contributed by atoms with Crippen molar-refractivity contribution in [3.8, 4) is 0 Å². The number of carboxylic acid groups (broad SMARTS) is 1. The monoisotopic (exact) mass is 291 g/mol. The second kappa shape index (κ2) is 4.55. The first kappa shape index (κ1) is 14.0. The van der Waals surface area contributed by atoms with Crippen molar-refractivity contribution in [3.05, 3.63) is 35.1 Å². The van der Waals surface area contributed by atoms with Crippen LogP contribution in [0.4, 0.5) is 4.39 Å². The number of amides is 1. The van der Waals surface area contributed by atoms with E-state index in [4.69, 9.17) is 5.11 Å². The van der Waals surface area contributed by atoms with Crippen LogP contribution in [0.15, 0.2) is 18.2 Å². The molecule has 3 rings (SSSR count). The number of fused-ring (bicyclic) bond motifs is 1. The van der Waals surface area contributed by atoms with Crippen LogP contribution in [0.3, 0.4) is 0 Å². The first-order valence-electron chi connectivity index (χ1n) is 7.14. The predicted molar refractivity (Wildman–Crippen MR) is 74.0 cm³/mol. The summed E-state index contributed by atoms with van der Waals surface area (Å²) in [6, 6.07) is 4.46. The molecule has 1 aromatic carbocycles. The van der Waals surface area contributed by atoms with Gasteiger partial charge in [0.1, 0.15) is 5.82 Å². The predicted octanol–water partition coefficient (Wildman–Crippen LogP) is 2.29. The molecule has 1 aromatic rings. The molecule has 4 nitrogen and oxygen atoms in total. The average Bonchev–Trinajstić information content (AvgIpc) is 2.78. The van der Waals surface area contributed by atoms with Gasteiger partial charge in [0.25, 0.3) is 0 Å². The van der Waals surface area contributed by atoms with Gasteiger partial charge in [-0.15, -0.1) is 0 Å². The Morgan fingerprint density at radius 3 is 2.67 bits per heavy atom. The van der Waals surface area contributed by atoms with Crippen molar-refractivity contribution in [3.63, 3.8) is 0 Å². The number of hydrogen-bond donors (Lipinski definition) is 2. The maximum absolute atomic E-state index is 13.2. The minimum atomic E-state index is -0.922. The largest absolute Gasteiger partial charge is 0.481 e. The van der Waals surface area contributed by atoms with E-state index in [0.717, 1.165) is 24.0 Å². The fraction of sp³-hybridized carbons (Fsp3) is 0.500. The third-order valence-corrected chi connectivity index (χ3v) is 4.88. The number of aryl methyl sites for hydroxylation is 1. The normalized spacial score (nSPS) is 28.8. The first-order chi connectivity index (χ1) is 9.82. The van der Waals surface area contributed by atoms with E-state index in [1.54, 1.807) is 19.9 Å². The number of carbonyl (C=O) groups excluding carboxylic acids is 1. The van der Waals surface area contributed by atoms with Crippen molar-refractivity contribution < 1.29 is 19.1 Å². The third kappa shape index (κ3) is 2.20. The number of carboxylic acids is 1. The molecule has 0 saturated heterocycles. The standard InChI is InChI=1S/C16H18FNO3/c1-16(2)12(13(16)15(20)21)14(19)18-11-6-3-8-7-9(17)4-5-10(8)11/h4-5,7,11-13H,3,6H2,1-2H3,(H,18,19)(H,20,21)/t11?,12-,13+/m1/s1. The van der Waals surface area contributed by atoms with Gasteiger partial charge in [-0.2, -0.15) is 0 Å². The van der Waals surface area contributed by atoms with Crippen molar-refractivity contribution in [1.82, 2.24) is 5.32 Å². The summed E-state index contributed by atoms with van der Waals surface area (Å²) in [6.07, 6.45) is 1.46. The fourth-order valence-electron chi connectivity index (χ4n) is 3.59. The van der Waals surface area contributed by atoms with Crippen LogP contribution in [0.2, 0.25) is 0 Å². The van der Waals surface area contributed by atoms with Gasteiger partial charge in [-0.25, -0.2) is 4.39 Å². The van der Waals surface area contributed by atoms with Crippen LogP contribution in [0.1, 0.15) is 37.4 Å². The number of benzene rings is 1. The molecule has 3 atom stereocenters. The lowest BCUT2D eigenvalue weighted by Crippen LogP contribution is -2.30. The zero-order chi connectivity index (χ0) is 15.4. The Morgan fingerprint density at radius 2 is 2.05 bits per heavy atom. The van der Waals surface area contributed by atoms with E-state index in [0.29, 0.717) is 0 Å². The second-order valence-corrected chi connectivity index (χ2v) is 6.56. The summed E-state index contributed by atoms with van der Waals surface area (Å²) in [5.41, 5.74) is 1.36. The lowest BCUT2D eigenvalue weighted by molar-refractivity contribution is -0.140. The Hall–Kier alpha value is -1.91. The van der Waals surface area contributed by atoms with Gasteiger partial charge in [-0.1, -0.05) is 19.9 Å². The summed E-state index contributed by atoms with van der Waals surface area (Å²) >= 11 is 0. The van der Waals surface area contributed by atoms with E-state index in [1.807, 2.05) is 0 Å². The van der Waals surface area contributed by atoms with Crippen LogP contribution >= 0.6 is 0 Å². The zero-order valence-corrected chi connectivity index (χ0v) is 12.0.